The van der Waals surface area contributed by atoms with Crippen molar-refractivity contribution in [3.05, 3.63) is 77.8 Å². The van der Waals surface area contributed by atoms with Gasteiger partial charge in [0.1, 0.15) is 17.2 Å². The van der Waals surface area contributed by atoms with Crippen LogP contribution in [0.2, 0.25) is 5.02 Å². The van der Waals surface area contributed by atoms with Crippen LogP contribution in [0.1, 0.15) is 6.42 Å². The lowest BCUT2D eigenvalue weighted by Crippen LogP contribution is -2.28. The summed E-state index contributed by atoms with van der Waals surface area (Å²) in [6.07, 6.45) is 0.00899. The van der Waals surface area contributed by atoms with Crippen LogP contribution in [0, 0.1) is 5.92 Å². The van der Waals surface area contributed by atoms with Gasteiger partial charge in [-0.1, -0.05) is 23.7 Å². The van der Waals surface area contributed by atoms with Crippen LogP contribution in [0.25, 0.3) is 0 Å². The quantitative estimate of drug-likeness (QED) is 0.457. The number of anilines is 2. The molecule has 8 nitrogen and oxygen atoms in total. The smallest absolute Gasteiger partial charge is 0.311 e. The highest BCUT2D eigenvalue weighted by atomic mass is 35.5. The fraction of sp³-hybridized carbons (Fsp3) is 0.192. The molecule has 0 aliphatic carbocycles. The Hall–Kier alpha value is -4.04. The number of benzene rings is 3. The summed E-state index contributed by atoms with van der Waals surface area (Å²) in [4.78, 5) is 38.6. The number of hydrogen-bond acceptors (Lipinski definition) is 6. The number of amides is 2. The summed E-state index contributed by atoms with van der Waals surface area (Å²) in [6.45, 7) is -0.297. The molecule has 1 heterocycles. The van der Waals surface area contributed by atoms with Gasteiger partial charge in [-0.25, -0.2) is 0 Å². The van der Waals surface area contributed by atoms with Gasteiger partial charge < -0.3 is 24.4 Å². The molecule has 0 saturated carbocycles. The number of carbonyl (C=O) groups is 3. The van der Waals surface area contributed by atoms with Gasteiger partial charge in [0, 0.05) is 18.7 Å². The molecule has 3 aromatic rings. The minimum atomic E-state index is -0.661. The second-order valence-electron chi connectivity index (χ2n) is 7.81. The summed E-state index contributed by atoms with van der Waals surface area (Å²) in [5.74, 6) is 0.00890. The van der Waals surface area contributed by atoms with Crippen molar-refractivity contribution in [2.75, 3.05) is 30.5 Å². The van der Waals surface area contributed by atoms with Crippen LogP contribution in [0.4, 0.5) is 11.4 Å². The fourth-order valence-corrected chi connectivity index (χ4v) is 3.78. The number of hydrogen-bond donors (Lipinski definition) is 1. The van der Waals surface area contributed by atoms with Gasteiger partial charge in [-0.3, -0.25) is 14.4 Å². The highest BCUT2D eigenvalue weighted by Gasteiger charge is 2.36. The van der Waals surface area contributed by atoms with E-state index in [0.717, 1.165) is 5.75 Å². The third kappa shape index (κ3) is 6.10. The van der Waals surface area contributed by atoms with Crippen LogP contribution in [0.3, 0.4) is 0 Å². The lowest BCUT2D eigenvalue weighted by Gasteiger charge is -2.17. The predicted molar refractivity (Wildman–Crippen MR) is 131 cm³/mol. The van der Waals surface area contributed by atoms with Crippen molar-refractivity contribution in [1.82, 2.24) is 0 Å². The Bertz CT molecular complexity index is 1210. The van der Waals surface area contributed by atoms with Gasteiger partial charge >= 0.3 is 5.97 Å². The van der Waals surface area contributed by atoms with E-state index in [9.17, 15) is 14.4 Å². The first-order chi connectivity index (χ1) is 16.9. The van der Waals surface area contributed by atoms with Gasteiger partial charge in [0.05, 0.1) is 23.7 Å². The maximum absolute atomic E-state index is 12.5. The molecule has 0 unspecified atom stereocenters. The number of methoxy groups -OCH3 is 1. The highest BCUT2D eigenvalue weighted by Crippen LogP contribution is 2.30. The number of halogens is 1. The van der Waals surface area contributed by atoms with Crippen LogP contribution < -0.4 is 19.7 Å². The second kappa shape index (κ2) is 10.9. The molecule has 4 rings (SSSR count). The third-order valence-electron chi connectivity index (χ3n) is 5.40. The number of esters is 1. The number of nitrogens with zero attached hydrogens (tertiary/aromatic N) is 1. The van der Waals surface area contributed by atoms with E-state index >= 15 is 0 Å². The van der Waals surface area contributed by atoms with E-state index in [-0.39, 0.29) is 18.9 Å². The summed E-state index contributed by atoms with van der Waals surface area (Å²) in [6, 6.07) is 20.9. The molecule has 35 heavy (non-hydrogen) atoms. The van der Waals surface area contributed by atoms with Crippen LogP contribution in [-0.2, 0) is 19.1 Å². The molecule has 1 N–H and O–H groups in total. The van der Waals surface area contributed by atoms with Crippen molar-refractivity contribution in [2.45, 2.75) is 6.42 Å². The van der Waals surface area contributed by atoms with E-state index in [1.807, 2.05) is 0 Å². The van der Waals surface area contributed by atoms with Gasteiger partial charge in [-0.2, -0.15) is 0 Å². The summed E-state index contributed by atoms with van der Waals surface area (Å²) in [5, 5.41) is 2.96. The molecule has 3 aromatic carbocycles. The summed E-state index contributed by atoms with van der Waals surface area (Å²) in [7, 11) is 1.59. The largest absolute Gasteiger partial charge is 0.497 e. The summed E-state index contributed by atoms with van der Waals surface area (Å²) < 4.78 is 16.1. The molecule has 0 aromatic heterocycles. The van der Waals surface area contributed by atoms with Crippen molar-refractivity contribution >= 4 is 40.8 Å². The third-order valence-corrected chi connectivity index (χ3v) is 5.72. The minimum Gasteiger partial charge on any atom is -0.497 e. The molecule has 0 bridgehead atoms. The normalized spacial score (nSPS) is 15.0. The molecule has 1 saturated heterocycles. The number of nitrogens with one attached hydrogen (secondary N) is 1. The summed E-state index contributed by atoms with van der Waals surface area (Å²) >= 11 is 6.01. The Kier molecular flexibility index (Phi) is 7.52. The number of carbonyl (C=O) groups excluding carboxylic acids is 3. The maximum Gasteiger partial charge on any atom is 0.311 e. The fourth-order valence-electron chi connectivity index (χ4n) is 3.59. The second-order valence-corrected chi connectivity index (χ2v) is 8.22. The van der Waals surface area contributed by atoms with Crippen molar-refractivity contribution < 1.29 is 28.6 Å². The Balaban J connectivity index is 1.29. The molecule has 0 radical (unpaired) electrons. The topological polar surface area (TPSA) is 94.2 Å². The van der Waals surface area contributed by atoms with Crippen molar-refractivity contribution in [3.8, 4) is 17.2 Å². The Labute approximate surface area is 207 Å². The van der Waals surface area contributed by atoms with Crippen LogP contribution in [0.15, 0.2) is 72.8 Å². The van der Waals surface area contributed by atoms with Gasteiger partial charge in [0.25, 0.3) is 5.91 Å². The first kappa shape index (κ1) is 24.1. The molecule has 2 amide bonds. The average molecular weight is 495 g/mol. The molecule has 9 heteroatoms. The van der Waals surface area contributed by atoms with Crippen molar-refractivity contribution in [1.29, 1.82) is 0 Å². The number of rotatable bonds is 8. The van der Waals surface area contributed by atoms with Crippen molar-refractivity contribution in [2.24, 2.45) is 5.92 Å². The van der Waals surface area contributed by atoms with E-state index in [2.05, 4.69) is 5.32 Å². The standard InChI is InChI=1S/C26H23ClN2O6/c1-33-19-10-12-21(13-11-19)35-20-8-6-18(7-9-20)29-15-17(14-25(29)31)26(32)34-16-24(30)28-23-5-3-2-4-22(23)27/h2-13,17H,14-16H2,1H3,(H,28,30)/t17-/m0/s1. The molecule has 1 aliphatic rings. The zero-order valence-corrected chi connectivity index (χ0v) is 19.7. The van der Waals surface area contributed by atoms with Gasteiger partial charge in [0.2, 0.25) is 5.91 Å². The first-order valence-electron chi connectivity index (χ1n) is 10.9. The van der Waals surface area contributed by atoms with Crippen LogP contribution in [-0.4, -0.2) is 38.0 Å². The molecular formula is C26H23ClN2O6. The van der Waals surface area contributed by atoms with Crippen LogP contribution >= 0.6 is 11.6 Å². The molecular weight excluding hydrogens is 472 g/mol. The van der Waals surface area contributed by atoms with E-state index in [0.29, 0.717) is 27.9 Å². The summed E-state index contributed by atoms with van der Waals surface area (Å²) in [5.41, 5.74) is 1.07. The highest BCUT2D eigenvalue weighted by molar-refractivity contribution is 6.33. The molecule has 1 aliphatic heterocycles. The SMILES string of the molecule is COc1ccc(Oc2ccc(N3C[C@@H](C(=O)OCC(=O)Nc4ccccc4Cl)CC3=O)cc2)cc1. The lowest BCUT2D eigenvalue weighted by molar-refractivity contribution is -0.151. The number of para-hydroxylation sites is 1. The van der Waals surface area contributed by atoms with Crippen LogP contribution in [0.5, 0.6) is 17.2 Å². The molecule has 1 fully saturated rings. The molecule has 180 valence electrons. The van der Waals surface area contributed by atoms with Gasteiger partial charge in [-0.15, -0.1) is 0 Å². The van der Waals surface area contributed by atoms with Gasteiger partial charge in [0.15, 0.2) is 6.61 Å². The zero-order valence-electron chi connectivity index (χ0n) is 18.9. The lowest BCUT2D eigenvalue weighted by atomic mass is 10.1. The Morgan fingerprint density at radius 3 is 2.26 bits per heavy atom. The van der Waals surface area contributed by atoms with E-state index in [1.165, 1.54) is 4.90 Å². The predicted octanol–water partition coefficient (Wildman–Crippen LogP) is 4.68. The zero-order chi connectivity index (χ0) is 24.8. The van der Waals surface area contributed by atoms with E-state index < -0.39 is 24.4 Å². The molecule has 0 spiro atoms. The van der Waals surface area contributed by atoms with E-state index in [4.69, 9.17) is 25.8 Å². The minimum absolute atomic E-state index is 0.00899. The monoisotopic (exact) mass is 494 g/mol. The molecule has 1 atom stereocenters. The number of ether oxygens (including phenoxy) is 3. The average Bonchev–Trinajstić information content (AvgIpc) is 3.26. The first-order valence-corrected chi connectivity index (χ1v) is 11.2. The Morgan fingerprint density at radius 2 is 1.60 bits per heavy atom. The van der Waals surface area contributed by atoms with Gasteiger partial charge in [-0.05, 0) is 60.7 Å². The Morgan fingerprint density at radius 1 is 0.971 bits per heavy atom. The van der Waals surface area contributed by atoms with Crippen molar-refractivity contribution in [3.63, 3.8) is 0 Å². The maximum atomic E-state index is 12.5. The van der Waals surface area contributed by atoms with E-state index in [1.54, 1.807) is 79.9 Å².